The third kappa shape index (κ3) is 5.88. The average Bonchev–Trinajstić information content (AvgIpc) is 3.39. The summed E-state index contributed by atoms with van der Waals surface area (Å²) >= 11 is 0. The maximum Gasteiger partial charge on any atom is 0.476 e. The second-order valence-electron chi connectivity index (χ2n) is 10.1. The molecule has 170 valence electrons. The molecule has 0 heterocycles. The minimum absolute atomic E-state index is 0.317. The van der Waals surface area contributed by atoms with Crippen molar-refractivity contribution in [3.63, 3.8) is 0 Å². The van der Waals surface area contributed by atoms with Gasteiger partial charge in [-0.25, -0.2) is 4.57 Å². The highest BCUT2D eigenvalue weighted by Gasteiger charge is 2.52. The zero-order valence-electron chi connectivity index (χ0n) is 19.3. The van der Waals surface area contributed by atoms with Crippen LogP contribution in [0.3, 0.4) is 0 Å². The van der Waals surface area contributed by atoms with Crippen LogP contribution in [-0.4, -0.2) is 16.8 Å². The summed E-state index contributed by atoms with van der Waals surface area (Å²) in [6.07, 6.45) is 18.8. The van der Waals surface area contributed by atoms with Gasteiger partial charge >= 0.3 is 7.82 Å². The standard InChI is InChI=1S/C24H45O4P/c1-4-13-22(16-7-8-17-22)26-29(25,27-23(14-5-2)18-9-10-19-23)28-24(15-6-3)20-11-12-21-24/h4-21H2,1-3H3. The number of phosphoric ester groups is 1. The lowest BCUT2D eigenvalue weighted by Gasteiger charge is -2.41. The molecular formula is C24H45O4P. The second-order valence-corrected chi connectivity index (χ2v) is 11.6. The molecule has 0 amide bonds. The minimum Gasteiger partial charge on any atom is -0.280 e. The molecule has 4 nitrogen and oxygen atoms in total. The van der Waals surface area contributed by atoms with Gasteiger partial charge in [0.15, 0.2) is 0 Å². The molecule has 3 rings (SSSR count). The van der Waals surface area contributed by atoms with E-state index in [1.807, 2.05) is 0 Å². The number of phosphoric acid groups is 1. The normalized spacial score (nSPS) is 25.6. The zero-order chi connectivity index (χ0) is 20.8. The first kappa shape index (κ1) is 23.8. The van der Waals surface area contributed by atoms with Gasteiger partial charge in [-0.05, 0) is 57.8 Å². The van der Waals surface area contributed by atoms with E-state index in [0.29, 0.717) is 0 Å². The molecule has 0 aromatic rings. The molecule has 0 aromatic heterocycles. The maximum absolute atomic E-state index is 14.5. The third-order valence-electron chi connectivity index (χ3n) is 7.58. The predicted molar refractivity (Wildman–Crippen MR) is 119 cm³/mol. The van der Waals surface area contributed by atoms with Gasteiger partial charge < -0.3 is 0 Å². The van der Waals surface area contributed by atoms with Crippen LogP contribution in [0.5, 0.6) is 0 Å². The molecule has 3 saturated carbocycles. The Bertz CT molecular complexity index is 467. The van der Waals surface area contributed by atoms with Gasteiger partial charge in [-0.2, -0.15) is 0 Å². The van der Waals surface area contributed by atoms with E-state index in [1.165, 1.54) is 0 Å². The van der Waals surface area contributed by atoms with Crippen LogP contribution in [0.1, 0.15) is 136 Å². The molecule has 0 N–H and O–H groups in total. The van der Waals surface area contributed by atoms with Crippen molar-refractivity contribution in [2.24, 2.45) is 0 Å². The van der Waals surface area contributed by atoms with Crippen LogP contribution in [0.25, 0.3) is 0 Å². The van der Waals surface area contributed by atoms with Crippen LogP contribution in [0, 0.1) is 0 Å². The van der Waals surface area contributed by atoms with Crippen molar-refractivity contribution in [2.45, 2.75) is 153 Å². The Hall–Kier alpha value is 0.110. The van der Waals surface area contributed by atoms with Crippen molar-refractivity contribution in [3.05, 3.63) is 0 Å². The van der Waals surface area contributed by atoms with E-state index < -0.39 is 7.82 Å². The van der Waals surface area contributed by atoms with Gasteiger partial charge in [0.25, 0.3) is 0 Å². The lowest BCUT2D eigenvalue weighted by atomic mass is 9.97. The number of hydrogen-bond donors (Lipinski definition) is 0. The van der Waals surface area contributed by atoms with E-state index in [0.717, 1.165) is 116 Å². The van der Waals surface area contributed by atoms with E-state index in [-0.39, 0.29) is 16.8 Å². The van der Waals surface area contributed by atoms with Crippen LogP contribution in [0.2, 0.25) is 0 Å². The first-order chi connectivity index (χ1) is 13.9. The number of hydrogen-bond acceptors (Lipinski definition) is 4. The molecule has 3 aliphatic carbocycles. The molecule has 29 heavy (non-hydrogen) atoms. The summed E-state index contributed by atoms with van der Waals surface area (Å²) < 4.78 is 34.3. The van der Waals surface area contributed by atoms with Crippen molar-refractivity contribution in [1.82, 2.24) is 0 Å². The highest BCUT2D eigenvalue weighted by molar-refractivity contribution is 7.48. The summed E-state index contributed by atoms with van der Waals surface area (Å²) in [6.45, 7) is 6.59. The zero-order valence-corrected chi connectivity index (χ0v) is 20.2. The van der Waals surface area contributed by atoms with Gasteiger partial charge in [-0.3, -0.25) is 13.6 Å². The van der Waals surface area contributed by atoms with Crippen molar-refractivity contribution < 1.29 is 18.1 Å². The quantitative estimate of drug-likeness (QED) is 0.292. The van der Waals surface area contributed by atoms with Crippen LogP contribution in [0.4, 0.5) is 0 Å². The van der Waals surface area contributed by atoms with Gasteiger partial charge in [0.2, 0.25) is 0 Å². The number of rotatable bonds is 12. The summed E-state index contributed by atoms with van der Waals surface area (Å²) in [6, 6.07) is 0. The van der Waals surface area contributed by atoms with Gasteiger partial charge in [0.05, 0.1) is 16.8 Å². The molecule has 0 radical (unpaired) electrons. The largest absolute Gasteiger partial charge is 0.476 e. The molecule has 5 heteroatoms. The third-order valence-corrected chi connectivity index (χ3v) is 9.41. The summed E-state index contributed by atoms with van der Waals surface area (Å²) in [5.41, 5.74) is -0.952. The van der Waals surface area contributed by atoms with Crippen molar-refractivity contribution in [1.29, 1.82) is 0 Å². The SMILES string of the molecule is CCCC1(OP(=O)(OC2(CCC)CCCC2)OC2(CCC)CCCC2)CCCC1. The molecular weight excluding hydrogens is 383 g/mol. The van der Waals surface area contributed by atoms with Crippen LogP contribution >= 0.6 is 7.82 Å². The molecule has 0 bridgehead atoms. The highest BCUT2D eigenvalue weighted by Crippen LogP contribution is 2.65. The fourth-order valence-corrected chi connectivity index (χ4v) is 8.71. The van der Waals surface area contributed by atoms with Crippen molar-refractivity contribution in [3.8, 4) is 0 Å². The van der Waals surface area contributed by atoms with Crippen molar-refractivity contribution in [2.75, 3.05) is 0 Å². The summed E-state index contributed by atoms with van der Waals surface area (Å²) in [5, 5.41) is 0. The fraction of sp³-hybridized carbons (Fsp3) is 1.00. The molecule has 0 atom stereocenters. The first-order valence-corrected chi connectivity index (χ1v) is 14.1. The molecule has 0 aromatic carbocycles. The average molecular weight is 429 g/mol. The summed E-state index contributed by atoms with van der Waals surface area (Å²) in [5.74, 6) is 0. The Morgan fingerprint density at radius 1 is 0.552 bits per heavy atom. The molecule has 0 aliphatic heterocycles. The lowest BCUT2D eigenvalue weighted by Crippen LogP contribution is -2.36. The Labute approximate surface area is 179 Å². The Morgan fingerprint density at radius 3 is 1.00 bits per heavy atom. The molecule has 0 saturated heterocycles. The molecule has 3 fully saturated rings. The van der Waals surface area contributed by atoms with E-state index in [9.17, 15) is 4.57 Å². The molecule has 3 aliphatic rings. The fourth-order valence-electron chi connectivity index (χ4n) is 6.35. The predicted octanol–water partition coefficient (Wildman–Crippen LogP) is 8.48. The van der Waals surface area contributed by atoms with Gasteiger partial charge in [-0.15, -0.1) is 0 Å². The van der Waals surface area contributed by atoms with E-state index in [2.05, 4.69) is 20.8 Å². The Morgan fingerprint density at radius 2 is 0.793 bits per heavy atom. The van der Waals surface area contributed by atoms with Gasteiger partial charge in [0.1, 0.15) is 0 Å². The van der Waals surface area contributed by atoms with E-state index in [4.69, 9.17) is 13.6 Å². The van der Waals surface area contributed by atoms with Crippen LogP contribution < -0.4 is 0 Å². The topological polar surface area (TPSA) is 44.8 Å². The monoisotopic (exact) mass is 428 g/mol. The smallest absolute Gasteiger partial charge is 0.280 e. The van der Waals surface area contributed by atoms with E-state index >= 15 is 0 Å². The maximum atomic E-state index is 14.5. The van der Waals surface area contributed by atoms with Crippen LogP contribution in [0.15, 0.2) is 0 Å². The van der Waals surface area contributed by atoms with Crippen molar-refractivity contribution >= 4 is 7.82 Å². The highest BCUT2D eigenvalue weighted by atomic mass is 31.2. The Kier molecular flexibility index (Phi) is 8.32. The van der Waals surface area contributed by atoms with Gasteiger partial charge in [-0.1, -0.05) is 78.6 Å². The summed E-state index contributed by atoms with van der Waals surface area (Å²) in [4.78, 5) is 0. The van der Waals surface area contributed by atoms with Gasteiger partial charge in [0, 0.05) is 0 Å². The minimum atomic E-state index is -3.65. The lowest BCUT2D eigenvalue weighted by molar-refractivity contribution is -0.0705. The summed E-state index contributed by atoms with van der Waals surface area (Å²) in [7, 11) is -3.65. The van der Waals surface area contributed by atoms with Crippen LogP contribution in [-0.2, 0) is 18.1 Å². The first-order valence-electron chi connectivity index (χ1n) is 12.6. The van der Waals surface area contributed by atoms with E-state index in [1.54, 1.807) is 0 Å². The second kappa shape index (κ2) is 10.2. The molecule has 0 unspecified atom stereocenters. The Balaban J connectivity index is 1.88. The molecule has 0 spiro atoms.